The molecule has 130 valence electrons. The number of aryl methyl sites for hydroxylation is 1. The van der Waals surface area contributed by atoms with Crippen LogP contribution in [0, 0.1) is 0 Å². The molecule has 0 aliphatic carbocycles. The zero-order valence-electron chi connectivity index (χ0n) is 14.4. The van der Waals surface area contributed by atoms with E-state index in [2.05, 4.69) is 21.7 Å². The molecule has 0 fully saturated rings. The lowest BCUT2D eigenvalue weighted by Gasteiger charge is -2.10. The van der Waals surface area contributed by atoms with Gasteiger partial charge in [0.25, 0.3) is 0 Å². The minimum Gasteiger partial charge on any atom is -0.469 e. The maximum absolute atomic E-state index is 12.2. The quantitative estimate of drug-likeness (QED) is 0.390. The Morgan fingerprint density at radius 3 is 2.61 bits per heavy atom. The van der Waals surface area contributed by atoms with Crippen LogP contribution in [-0.4, -0.2) is 58.6 Å². The van der Waals surface area contributed by atoms with Crippen LogP contribution in [0.1, 0.15) is 44.9 Å². The van der Waals surface area contributed by atoms with E-state index in [-0.39, 0.29) is 12.0 Å². The van der Waals surface area contributed by atoms with Gasteiger partial charge in [0, 0.05) is 32.7 Å². The van der Waals surface area contributed by atoms with Crippen LogP contribution in [0.25, 0.3) is 0 Å². The maximum Gasteiger partial charge on any atom is 0.346 e. The molecule has 0 aromatic carbocycles. The predicted molar refractivity (Wildman–Crippen MR) is 89.7 cm³/mol. The van der Waals surface area contributed by atoms with Gasteiger partial charge >= 0.3 is 12.0 Å². The van der Waals surface area contributed by atoms with Crippen molar-refractivity contribution in [2.75, 3.05) is 27.0 Å². The molecular weight excluding hydrogens is 316 g/mol. The number of hydrogen-bond acceptors (Lipinski definition) is 6. The second kappa shape index (κ2) is 10.3. The van der Waals surface area contributed by atoms with Gasteiger partial charge in [-0.25, -0.2) is 9.78 Å². The zero-order chi connectivity index (χ0) is 17.2. The van der Waals surface area contributed by atoms with Crippen molar-refractivity contribution in [3.05, 3.63) is 5.82 Å². The van der Waals surface area contributed by atoms with Crippen molar-refractivity contribution >= 4 is 23.8 Å². The van der Waals surface area contributed by atoms with E-state index in [4.69, 9.17) is 0 Å². The largest absolute Gasteiger partial charge is 0.469 e. The van der Waals surface area contributed by atoms with Crippen LogP contribution in [0.5, 0.6) is 0 Å². The van der Waals surface area contributed by atoms with Crippen molar-refractivity contribution < 1.29 is 14.3 Å². The van der Waals surface area contributed by atoms with E-state index in [1.54, 1.807) is 14.1 Å². The molecule has 0 radical (unpaired) electrons. The van der Waals surface area contributed by atoms with Crippen LogP contribution in [0.4, 0.5) is 4.79 Å². The Kier molecular flexibility index (Phi) is 8.68. The SMILES string of the molecule is CCCCc1nc(SCCCCC(=O)OC)n(C(=O)N(C)C)n1. The highest BCUT2D eigenvalue weighted by Gasteiger charge is 2.17. The van der Waals surface area contributed by atoms with Crippen LogP contribution in [0.15, 0.2) is 5.16 Å². The Bertz CT molecular complexity index is 517. The van der Waals surface area contributed by atoms with Crippen LogP contribution in [0.2, 0.25) is 0 Å². The lowest BCUT2D eigenvalue weighted by molar-refractivity contribution is -0.140. The van der Waals surface area contributed by atoms with Gasteiger partial charge in [-0.3, -0.25) is 4.79 Å². The number of thioether (sulfide) groups is 1. The number of methoxy groups -OCH3 is 1. The monoisotopic (exact) mass is 342 g/mol. The second-order valence-corrected chi connectivity index (χ2v) is 6.45. The van der Waals surface area contributed by atoms with Gasteiger partial charge in [-0.15, -0.1) is 5.10 Å². The molecule has 0 spiro atoms. The molecule has 0 aliphatic rings. The molecule has 0 saturated heterocycles. The highest BCUT2D eigenvalue weighted by atomic mass is 32.2. The Morgan fingerprint density at radius 2 is 2.00 bits per heavy atom. The number of hydrogen-bond donors (Lipinski definition) is 0. The summed E-state index contributed by atoms with van der Waals surface area (Å²) in [6, 6.07) is -0.197. The number of carbonyl (C=O) groups excluding carboxylic acids is 2. The average Bonchev–Trinajstić information content (AvgIpc) is 2.94. The minimum atomic E-state index is -0.197. The lowest BCUT2D eigenvalue weighted by Crippen LogP contribution is -2.28. The van der Waals surface area contributed by atoms with Gasteiger partial charge in [0.2, 0.25) is 0 Å². The van der Waals surface area contributed by atoms with Gasteiger partial charge in [-0.1, -0.05) is 25.1 Å². The molecule has 1 amide bonds. The average molecular weight is 342 g/mol. The van der Waals surface area contributed by atoms with Crippen molar-refractivity contribution in [2.45, 2.75) is 50.6 Å². The Balaban J connectivity index is 2.61. The number of carbonyl (C=O) groups is 2. The highest BCUT2D eigenvalue weighted by Crippen LogP contribution is 2.19. The fourth-order valence-corrected chi connectivity index (χ4v) is 2.77. The maximum atomic E-state index is 12.2. The third-order valence-electron chi connectivity index (χ3n) is 3.17. The van der Waals surface area contributed by atoms with E-state index in [1.807, 2.05) is 0 Å². The molecule has 8 heteroatoms. The van der Waals surface area contributed by atoms with Gasteiger partial charge in [0.1, 0.15) is 0 Å². The molecule has 23 heavy (non-hydrogen) atoms. The number of rotatable bonds is 9. The number of ether oxygens (including phenoxy) is 1. The minimum absolute atomic E-state index is 0.192. The van der Waals surface area contributed by atoms with Crippen LogP contribution in [0.3, 0.4) is 0 Å². The molecule has 1 rings (SSSR count). The summed E-state index contributed by atoms with van der Waals surface area (Å²) >= 11 is 1.50. The summed E-state index contributed by atoms with van der Waals surface area (Å²) in [6.45, 7) is 2.11. The Hall–Kier alpha value is -1.57. The summed E-state index contributed by atoms with van der Waals surface area (Å²) in [4.78, 5) is 29.2. The summed E-state index contributed by atoms with van der Waals surface area (Å²) < 4.78 is 5.98. The first-order chi connectivity index (χ1) is 11.0. The lowest BCUT2D eigenvalue weighted by atomic mass is 10.2. The molecule has 1 heterocycles. The number of amides is 1. The van der Waals surface area contributed by atoms with Gasteiger partial charge in [-0.05, 0) is 19.3 Å². The van der Waals surface area contributed by atoms with Crippen molar-refractivity contribution in [1.29, 1.82) is 0 Å². The van der Waals surface area contributed by atoms with Crippen molar-refractivity contribution in [3.8, 4) is 0 Å². The van der Waals surface area contributed by atoms with Crippen molar-refractivity contribution in [2.24, 2.45) is 0 Å². The van der Waals surface area contributed by atoms with E-state index in [9.17, 15) is 9.59 Å². The molecule has 0 N–H and O–H groups in total. The van der Waals surface area contributed by atoms with E-state index >= 15 is 0 Å². The van der Waals surface area contributed by atoms with Gasteiger partial charge in [-0.2, -0.15) is 4.68 Å². The summed E-state index contributed by atoms with van der Waals surface area (Å²) in [5.74, 6) is 1.30. The van der Waals surface area contributed by atoms with E-state index in [1.165, 1.54) is 28.5 Å². The number of aromatic nitrogens is 3. The zero-order valence-corrected chi connectivity index (χ0v) is 15.2. The summed E-state index contributed by atoms with van der Waals surface area (Å²) in [5, 5.41) is 4.95. The van der Waals surface area contributed by atoms with Crippen LogP contribution >= 0.6 is 11.8 Å². The second-order valence-electron chi connectivity index (χ2n) is 5.38. The van der Waals surface area contributed by atoms with E-state index in [0.29, 0.717) is 17.4 Å². The summed E-state index contributed by atoms with van der Waals surface area (Å²) in [5.41, 5.74) is 0. The van der Waals surface area contributed by atoms with E-state index in [0.717, 1.165) is 37.9 Å². The first kappa shape index (κ1) is 19.5. The third-order valence-corrected chi connectivity index (χ3v) is 4.19. The molecule has 0 bridgehead atoms. The van der Waals surface area contributed by atoms with Crippen molar-refractivity contribution in [3.63, 3.8) is 0 Å². The van der Waals surface area contributed by atoms with Gasteiger partial charge < -0.3 is 9.64 Å². The molecule has 0 aliphatic heterocycles. The van der Waals surface area contributed by atoms with Crippen LogP contribution in [-0.2, 0) is 16.0 Å². The smallest absolute Gasteiger partial charge is 0.346 e. The normalized spacial score (nSPS) is 10.6. The fourth-order valence-electron chi connectivity index (χ4n) is 1.82. The fraction of sp³-hybridized carbons (Fsp3) is 0.733. The topological polar surface area (TPSA) is 77.3 Å². The number of unbranched alkanes of at least 4 members (excludes halogenated alkanes) is 2. The molecule has 0 unspecified atom stereocenters. The van der Waals surface area contributed by atoms with Gasteiger partial charge in [0.15, 0.2) is 11.0 Å². The molecule has 0 atom stereocenters. The van der Waals surface area contributed by atoms with Gasteiger partial charge in [0.05, 0.1) is 7.11 Å². The summed E-state index contributed by atoms with van der Waals surface area (Å²) in [6.07, 6.45) is 4.88. The predicted octanol–water partition coefficient (Wildman–Crippen LogP) is 2.59. The molecule has 7 nitrogen and oxygen atoms in total. The Labute approximate surface area is 141 Å². The Morgan fingerprint density at radius 1 is 1.26 bits per heavy atom. The standard InChI is InChI=1S/C15H26N4O3S/c1-5-6-9-12-16-14(19(17-12)15(21)18(2)3)23-11-8-7-10-13(20)22-4/h5-11H2,1-4H3. The molecule has 1 aromatic rings. The van der Waals surface area contributed by atoms with Crippen LogP contribution < -0.4 is 0 Å². The first-order valence-corrected chi connectivity index (χ1v) is 8.85. The first-order valence-electron chi connectivity index (χ1n) is 7.86. The molecule has 1 aromatic heterocycles. The summed E-state index contributed by atoms with van der Waals surface area (Å²) in [7, 11) is 4.78. The molecule has 0 saturated carbocycles. The van der Waals surface area contributed by atoms with Crippen molar-refractivity contribution in [1.82, 2.24) is 19.7 Å². The highest BCUT2D eigenvalue weighted by molar-refractivity contribution is 7.99. The van der Waals surface area contributed by atoms with E-state index < -0.39 is 0 Å². The molecular formula is C15H26N4O3S. The number of nitrogens with zero attached hydrogens (tertiary/aromatic N) is 4. The number of esters is 1. The third kappa shape index (κ3) is 6.60.